The highest BCUT2D eigenvalue weighted by atomic mass is 32.1. The Morgan fingerprint density at radius 3 is 3.05 bits per heavy atom. The van der Waals surface area contributed by atoms with Gasteiger partial charge < -0.3 is 5.11 Å². The van der Waals surface area contributed by atoms with Gasteiger partial charge in [-0.1, -0.05) is 18.4 Å². The molecule has 0 saturated heterocycles. The van der Waals surface area contributed by atoms with Gasteiger partial charge in [-0.15, -0.1) is 11.3 Å². The van der Waals surface area contributed by atoms with Crippen LogP contribution < -0.4 is 5.46 Å². The lowest BCUT2D eigenvalue weighted by atomic mass is 9.73. The molecule has 1 N–H and O–H groups in total. The predicted octanol–water partition coefficient (Wildman–Crippen LogP) is 1.22. The molecule has 2 aromatic heterocycles. The van der Waals surface area contributed by atoms with E-state index in [2.05, 4.69) is 28.9 Å². The summed E-state index contributed by atoms with van der Waals surface area (Å²) in [6, 6.07) is 6.17. The normalized spacial score (nSPS) is 10.8. The molecule has 0 saturated carbocycles. The molecule has 3 rings (SSSR count). The quantitative estimate of drug-likeness (QED) is 0.732. The van der Waals surface area contributed by atoms with Gasteiger partial charge in [-0.05, 0) is 12.1 Å². The number of carboxylic acids is 1. The number of hydrogen-bond acceptors (Lipinski definition) is 4. The van der Waals surface area contributed by atoms with Gasteiger partial charge in [0.25, 0.3) is 0 Å². The van der Waals surface area contributed by atoms with Crippen LogP contribution in [0.15, 0.2) is 30.7 Å². The molecule has 2 heterocycles. The third-order valence-electron chi connectivity index (χ3n) is 3.09. The van der Waals surface area contributed by atoms with Crippen molar-refractivity contribution in [1.82, 2.24) is 14.5 Å². The molecule has 0 aliphatic heterocycles. The summed E-state index contributed by atoms with van der Waals surface area (Å²) in [5.74, 6) is -0.844. The van der Waals surface area contributed by atoms with Crippen LogP contribution in [0.5, 0.6) is 0 Å². The van der Waals surface area contributed by atoms with Gasteiger partial charge in [0.1, 0.15) is 6.33 Å². The highest BCUT2D eigenvalue weighted by molar-refractivity contribution is 7.14. The standard InChI is InChI=1S/C13H12BN3O2S/c1-14-8-2-3-11-10(4-8)16-7-17(11)13-15-6-9(20-13)5-12(18)19/h2-4,6-7,14H,5H2,1H3,(H,18,19). The Hall–Kier alpha value is -2.15. The Labute approximate surface area is 120 Å². The first kappa shape index (κ1) is 12.9. The van der Waals surface area contributed by atoms with Crippen LogP contribution in [0, 0.1) is 0 Å². The van der Waals surface area contributed by atoms with Crippen molar-refractivity contribution in [3.8, 4) is 5.13 Å². The molecule has 5 nitrogen and oxygen atoms in total. The monoisotopic (exact) mass is 285 g/mol. The van der Waals surface area contributed by atoms with Gasteiger partial charge in [-0.2, -0.15) is 0 Å². The molecule has 0 fully saturated rings. The van der Waals surface area contributed by atoms with Gasteiger partial charge in [-0.25, -0.2) is 9.97 Å². The van der Waals surface area contributed by atoms with Crippen molar-refractivity contribution in [2.75, 3.05) is 0 Å². The van der Waals surface area contributed by atoms with E-state index in [9.17, 15) is 4.79 Å². The summed E-state index contributed by atoms with van der Waals surface area (Å²) in [6.45, 7) is 2.11. The maximum absolute atomic E-state index is 10.7. The van der Waals surface area contributed by atoms with Gasteiger partial charge >= 0.3 is 5.97 Å². The van der Waals surface area contributed by atoms with Gasteiger partial charge in [0, 0.05) is 11.1 Å². The Morgan fingerprint density at radius 2 is 2.30 bits per heavy atom. The van der Waals surface area contributed by atoms with Gasteiger partial charge in [-0.3, -0.25) is 9.36 Å². The molecular weight excluding hydrogens is 273 g/mol. The summed E-state index contributed by atoms with van der Waals surface area (Å²) in [7, 11) is 0.975. The highest BCUT2D eigenvalue weighted by Crippen LogP contribution is 2.22. The molecule has 0 unspecified atom stereocenters. The minimum atomic E-state index is -0.844. The fraction of sp³-hybridized carbons (Fsp3) is 0.154. The van der Waals surface area contributed by atoms with Gasteiger partial charge in [0.05, 0.1) is 17.5 Å². The largest absolute Gasteiger partial charge is 0.481 e. The molecule has 1 aromatic carbocycles. The number of hydrogen-bond donors (Lipinski definition) is 1. The Kier molecular flexibility index (Phi) is 3.27. The van der Waals surface area contributed by atoms with E-state index in [-0.39, 0.29) is 6.42 Å². The summed E-state index contributed by atoms with van der Waals surface area (Å²) in [5, 5.41) is 9.54. The highest BCUT2D eigenvalue weighted by Gasteiger charge is 2.10. The van der Waals surface area contributed by atoms with Crippen LogP contribution in [0.4, 0.5) is 0 Å². The van der Waals surface area contributed by atoms with E-state index >= 15 is 0 Å². The van der Waals surface area contributed by atoms with E-state index in [4.69, 9.17) is 5.11 Å². The first-order valence-corrected chi connectivity index (χ1v) is 7.12. The topological polar surface area (TPSA) is 68.0 Å². The number of aromatic nitrogens is 3. The predicted molar refractivity (Wildman–Crippen MR) is 80.7 cm³/mol. The average Bonchev–Trinajstić information content (AvgIpc) is 3.03. The second-order valence-electron chi connectivity index (χ2n) is 4.47. The van der Waals surface area contributed by atoms with Gasteiger partial charge in [0.15, 0.2) is 12.4 Å². The van der Waals surface area contributed by atoms with Crippen molar-refractivity contribution in [2.45, 2.75) is 13.2 Å². The first-order valence-electron chi connectivity index (χ1n) is 6.30. The molecule has 3 aromatic rings. The number of fused-ring (bicyclic) bond motifs is 1. The van der Waals surface area contributed by atoms with Crippen LogP contribution >= 0.6 is 11.3 Å². The molecule has 0 radical (unpaired) electrons. The lowest BCUT2D eigenvalue weighted by Gasteiger charge is -1.99. The Bertz CT molecular complexity index is 781. The maximum atomic E-state index is 10.7. The second kappa shape index (κ2) is 5.09. The maximum Gasteiger partial charge on any atom is 0.308 e. The molecule has 0 bridgehead atoms. The van der Waals surface area contributed by atoms with Crippen molar-refractivity contribution < 1.29 is 9.90 Å². The van der Waals surface area contributed by atoms with E-state index in [0.29, 0.717) is 0 Å². The summed E-state index contributed by atoms with van der Waals surface area (Å²) < 4.78 is 1.89. The van der Waals surface area contributed by atoms with E-state index in [0.717, 1.165) is 28.3 Å². The Morgan fingerprint density at radius 1 is 1.45 bits per heavy atom. The van der Waals surface area contributed by atoms with E-state index in [1.54, 1.807) is 12.5 Å². The lowest BCUT2D eigenvalue weighted by molar-refractivity contribution is -0.136. The molecule has 0 atom stereocenters. The zero-order chi connectivity index (χ0) is 14.1. The number of benzene rings is 1. The number of thiazole rings is 1. The zero-order valence-corrected chi connectivity index (χ0v) is 11.7. The fourth-order valence-corrected chi connectivity index (χ4v) is 2.95. The van der Waals surface area contributed by atoms with Crippen LogP contribution in [0.3, 0.4) is 0 Å². The van der Waals surface area contributed by atoms with Crippen LogP contribution in [0.25, 0.3) is 16.2 Å². The molecule has 7 heteroatoms. The minimum absolute atomic E-state index is 0.00425. The number of carbonyl (C=O) groups is 1. The number of imidazole rings is 1. The van der Waals surface area contributed by atoms with Crippen molar-refractivity contribution >= 4 is 41.1 Å². The van der Waals surface area contributed by atoms with E-state index in [1.807, 2.05) is 10.6 Å². The Balaban J connectivity index is 2.01. The summed E-state index contributed by atoms with van der Waals surface area (Å²) in [4.78, 5) is 20.1. The smallest absolute Gasteiger partial charge is 0.308 e. The third kappa shape index (κ3) is 2.32. The van der Waals surface area contributed by atoms with Crippen LogP contribution in [-0.2, 0) is 11.2 Å². The number of rotatable bonds is 4. The summed E-state index contributed by atoms with van der Waals surface area (Å²) in [6.07, 6.45) is 3.35. The number of aliphatic carboxylic acids is 1. The van der Waals surface area contributed by atoms with E-state index in [1.165, 1.54) is 16.8 Å². The molecule has 0 aliphatic carbocycles. The fourth-order valence-electron chi connectivity index (χ4n) is 2.07. The molecule has 0 aliphatic rings. The number of carboxylic acid groups (broad SMARTS) is 1. The molecular formula is C13H12BN3O2S. The molecule has 100 valence electrons. The lowest BCUT2D eigenvalue weighted by Crippen LogP contribution is -2.09. The van der Waals surface area contributed by atoms with Crippen LogP contribution in [-0.4, -0.2) is 32.9 Å². The van der Waals surface area contributed by atoms with Crippen molar-refractivity contribution in [2.24, 2.45) is 0 Å². The summed E-state index contributed by atoms with van der Waals surface area (Å²) in [5.41, 5.74) is 3.16. The van der Waals surface area contributed by atoms with Crippen molar-refractivity contribution in [3.05, 3.63) is 35.6 Å². The van der Waals surface area contributed by atoms with Crippen LogP contribution in [0.2, 0.25) is 6.82 Å². The van der Waals surface area contributed by atoms with Gasteiger partial charge in [0.2, 0.25) is 0 Å². The molecule has 0 spiro atoms. The summed E-state index contributed by atoms with van der Waals surface area (Å²) >= 11 is 1.37. The zero-order valence-electron chi connectivity index (χ0n) is 10.9. The van der Waals surface area contributed by atoms with Crippen molar-refractivity contribution in [3.63, 3.8) is 0 Å². The molecule has 0 amide bonds. The van der Waals surface area contributed by atoms with Crippen molar-refractivity contribution in [1.29, 1.82) is 0 Å². The first-order chi connectivity index (χ1) is 9.67. The van der Waals surface area contributed by atoms with E-state index < -0.39 is 5.97 Å². The second-order valence-corrected chi connectivity index (χ2v) is 5.56. The number of nitrogens with zero attached hydrogens (tertiary/aromatic N) is 3. The average molecular weight is 285 g/mol. The minimum Gasteiger partial charge on any atom is -0.481 e. The SMILES string of the molecule is CBc1ccc2c(c1)ncn2-c1ncc(CC(=O)O)s1. The third-order valence-corrected chi connectivity index (χ3v) is 4.09. The van der Waals surface area contributed by atoms with Crippen LogP contribution in [0.1, 0.15) is 4.88 Å². The molecule has 20 heavy (non-hydrogen) atoms.